The van der Waals surface area contributed by atoms with Crippen molar-refractivity contribution in [1.29, 1.82) is 0 Å². The Morgan fingerprint density at radius 3 is 3.00 bits per heavy atom. The van der Waals surface area contributed by atoms with E-state index >= 15 is 0 Å². The van der Waals surface area contributed by atoms with Crippen LogP contribution >= 0.6 is 11.3 Å². The van der Waals surface area contributed by atoms with Gasteiger partial charge >= 0.3 is 4.87 Å². The molecule has 0 fully saturated rings. The largest absolute Gasteiger partial charge is 0.312 e. The molecule has 0 unspecified atom stereocenters. The van der Waals surface area contributed by atoms with Gasteiger partial charge in [-0.3, -0.25) is 4.79 Å². The summed E-state index contributed by atoms with van der Waals surface area (Å²) in [5, 5.41) is 0. The third-order valence-corrected chi connectivity index (χ3v) is 3.42. The number of H-pyrrole nitrogens is 1. The van der Waals surface area contributed by atoms with Crippen molar-refractivity contribution in [1.82, 2.24) is 4.98 Å². The lowest BCUT2D eigenvalue weighted by Gasteiger charge is -2.00. The molecule has 80 valence electrons. The second-order valence-electron chi connectivity index (χ2n) is 3.80. The van der Waals surface area contributed by atoms with E-state index in [1.165, 1.54) is 36.2 Å². The molecular weight excluding hydrogens is 206 g/mol. The summed E-state index contributed by atoms with van der Waals surface area (Å²) in [6.07, 6.45) is 4.87. The average Bonchev–Trinajstić information content (AvgIpc) is 2.57. The minimum absolute atomic E-state index is 0.0377. The molecule has 0 bridgehead atoms. The summed E-state index contributed by atoms with van der Waals surface area (Å²) in [6, 6.07) is 6.27. The van der Waals surface area contributed by atoms with Gasteiger partial charge in [0, 0.05) is 0 Å². The first kappa shape index (κ1) is 10.4. The van der Waals surface area contributed by atoms with E-state index in [1.807, 2.05) is 6.07 Å². The highest BCUT2D eigenvalue weighted by molar-refractivity contribution is 7.16. The van der Waals surface area contributed by atoms with Crippen molar-refractivity contribution in [3.05, 3.63) is 33.4 Å². The zero-order valence-electron chi connectivity index (χ0n) is 8.88. The second kappa shape index (κ2) is 4.62. The molecule has 0 spiro atoms. The van der Waals surface area contributed by atoms with Crippen LogP contribution in [-0.4, -0.2) is 4.98 Å². The normalized spacial score (nSPS) is 11.0. The van der Waals surface area contributed by atoms with Gasteiger partial charge in [0.2, 0.25) is 0 Å². The van der Waals surface area contributed by atoms with Crippen LogP contribution in [0.25, 0.3) is 10.2 Å². The molecule has 0 aliphatic carbocycles. The maximum absolute atomic E-state index is 11.1. The van der Waals surface area contributed by atoms with Gasteiger partial charge in [0.05, 0.1) is 10.2 Å². The zero-order chi connectivity index (χ0) is 10.7. The average molecular weight is 221 g/mol. The standard InChI is InChI=1S/C12H15NOS/c1-2-3-4-5-9-6-7-11-10(8-9)13-12(14)15-11/h6-8H,2-5H2,1H3,(H,13,14). The van der Waals surface area contributed by atoms with E-state index in [0.29, 0.717) is 0 Å². The van der Waals surface area contributed by atoms with Gasteiger partial charge in [-0.1, -0.05) is 37.2 Å². The molecule has 3 heteroatoms. The van der Waals surface area contributed by atoms with E-state index in [4.69, 9.17) is 0 Å². The van der Waals surface area contributed by atoms with Crippen molar-refractivity contribution >= 4 is 21.6 Å². The predicted octanol–water partition coefficient (Wildman–Crippen LogP) is 3.32. The van der Waals surface area contributed by atoms with Crippen LogP contribution < -0.4 is 4.87 Å². The summed E-state index contributed by atoms with van der Waals surface area (Å²) in [6.45, 7) is 2.21. The maximum Gasteiger partial charge on any atom is 0.305 e. The molecule has 2 aromatic rings. The van der Waals surface area contributed by atoms with E-state index in [2.05, 4.69) is 24.0 Å². The van der Waals surface area contributed by atoms with Crippen LogP contribution in [0.3, 0.4) is 0 Å². The molecule has 1 aromatic heterocycles. The van der Waals surface area contributed by atoms with Gasteiger partial charge in [-0.05, 0) is 30.5 Å². The monoisotopic (exact) mass is 221 g/mol. The van der Waals surface area contributed by atoms with E-state index in [9.17, 15) is 4.79 Å². The minimum atomic E-state index is 0.0377. The van der Waals surface area contributed by atoms with Crippen LogP contribution in [0, 0.1) is 0 Å². The molecule has 2 nitrogen and oxygen atoms in total. The highest BCUT2D eigenvalue weighted by Gasteiger charge is 2.00. The molecule has 1 aromatic carbocycles. The van der Waals surface area contributed by atoms with E-state index in [-0.39, 0.29) is 4.87 Å². The first-order valence-electron chi connectivity index (χ1n) is 5.41. The molecule has 0 saturated carbocycles. The lowest BCUT2D eigenvalue weighted by Crippen LogP contribution is -1.90. The Bertz CT molecular complexity index is 498. The molecule has 0 atom stereocenters. The summed E-state index contributed by atoms with van der Waals surface area (Å²) in [4.78, 5) is 14.0. The Labute approximate surface area is 93.0 Å². The number of aryl methyl sites for hydroxylation is 1. The Balaban J connectivity index is 2.19. The van der Waals surface area contributed by atoms with Gasteiger partial charge in [0.1, 0.15) is 0 Å². The number of benzene rings is 1. The predicted molar refractivity (Wildman–Crippen MR) is 65.7 cm³/mol. The van der Waals surface area contributed by atoms with Crippen molar-refractivity contribution in [3.63, 3.8) is 0 Å². The lowest BCUT2D eigenvalue weighted by molar-refractivity contribution is 0.718. The fraction of sp³-hybridized carbons (Fsp3) is 0.417. The number of thiazole rings is 1. The zero-order valence-corrected chi connectivity index (χ0v) is 9.69. The van der Waals surface area contributed by atoms with E-state index in [0.717, 1.165) is 16.6 Å². The van der Waals surface area contributed by atoms with E-state index < -0.39 is 0 Å². The highest BCUT2D eigenvalue weighted by Crippen LogP contribution is 2.17. The minimum Gasteiger partial charge on any atom is -0.312 e. The van der Waals surface area contributed by atoms with Crippen molar-refractivity contribution in [2.45, 2.75) is 32.6 Å². The van der Waals surface area contributed by atoms with Crippen LogP contribution in [0.4, 0.5) is 0 Å². The van der Waals surface area contributed by atoms with Crippen molar-refractivity contribution < 1.29 is 0 Å². The fourth-order valence-electron chi connectivity index (χ4n) is 1.73. The smallest absolute Gasteiger partial charge is 0.305 e. The molecule has 2 rings (SSSR count). The molecule has 0 aliphatic heterocycles. The van der Waals surface area contributed by atoms with Crippen molar-refractivity contribution in [2.75, 3.05) is 0 Å². The quantitative estimate of drug-likeness (QED) is 0.789. The maximum atomic E-state index is 11.1. The van der Waals surface area contributed by atoms with Crippen LogP contribution in [0.15, 0.2) is 23.0 Å². The molecule has 15 heavy (non-hydrogen) atoms. The first-order valence-corrected chi connectivity index (χ1v) is 6.23. The third-order valence-electron chi connectivity index (χ3n) is 2.55. The topological polar surface area (TPSA) is 32.9 Å². The van der Waals surface area contributed by atoms with Crippen molar-refractivity contribution in [2.24, 2.45) is 0 Å². The Morgan fingerprint density at radius 1 is 1.33 bits per heavy atom. The van der Waals surface area contributed by atoms with Crippen molar-refractivity contribution in [3.8, 4) is 0 Å². The van der Waals surface area contributed by atoms with Crippen LogP contribution in [-0.2, 0) is 6.42 Å². The first-order chi connectivity index (χ1) is 7.29. The summed E-state index contributed by atoms with van der Waals surface area (Å²) in [5.74, 6) is 0. The Hall–Kier alpha value is -1.09. The number of hydrogen-bond donors (Lipinski definition) is 1. The van der Waals surface area contributed by atoms with Gasteiger partial charge in [0.25, 0.3) is 0 Å². The molecule has 0 amide bonds. The third kappa shape index (κ3) is 2.48. The molecule has 0 saturated heterocycles. The van der Waals surface area contributed by atoms with Crippen LogP contribution in [0.2, 0.25) is 0 Å². The lowest BCUT2D eigenvalue weighted by atomic mass is 10.1. The number of rotatable bonds is 4. The fourth-order valence-corrected chi connectivity index (χ4v) is 2.45. The summed E-state index contributed by atoms with van der Waals surface area (Å²) < 4.78 is 1.05. The molecule has 0 radical (unpaired) electrons. The molecule has 0 aliphatic rings. The second-order valence-corrected chi connectivity index (χ2v) is 4.82. The number of unbranched alkanes of at least 4 members (excludes halogenated alkanes) is 2. The SMILES string of the molecule is CCCCCc1ccc2sc(=O)[nH]c2c1. The number of aromatic nitrogens is 1. The van der Waals surface area contributed by atoms with Crippen LogP contribution in [0.1, 0.15) is 31.7 Å². The number of nitrogens with one attached hydrogen (secondary N) is 1. The Morgan fingerprint density at radius 2 is 2.20 bits per heavy atom. The molecule has 1 N–H and O–H groups in total. The Kier molecular flexibility index (Phi) is 3.21. The number of fused-ring (bicyclic) bond motifs is 1. The number of hydrogen-bond acceptors (Lipinski definition) is 2. The molecule has 1 heterocycles. The van der Waals surface area contributed by atoms with Gasteiger partial charge in [-0.2, -0.15) is 0 Å². The van der Waals surface area contributed by atoms with Gasteiger partial charge in [-0.25, -0.2) is 0 Å². The van der Waals surface area contributed by atoms with E-state index in [1.54, 1.807) is 0 Å². The number of aromatic amines is 1. The molecular formula is C12H15NOS. The van der Waals surface area contributed by atoms with Gasteiger partial charge in [-0.15, -0.1) is 0 Å². The summed E-state index contributed by atoms with van der Waals surface area (Å²) >= 11 is 1.28. The highest BCUT2D eigenvalue weighted by atomic mass is 32.1. The van der Waals surface area contributed by atoms with Gasteiger partial charge < -0.3 is 4.98 Å². The summed E-state index contributed by atoms with van der Waals surface area (Å²) in [7, 11) is 0. The van der Waals surface area contributed by atoms with Gasteiger partial charge in [0.15, 0.2) is 0 Å². The summed E-state index contributed by atoms with van der Waals surface area (Å²) in [5.41, 5.74) is 2.31. The van der Waals surface area contributed by atoms with Crippen LogP contribution in [0.5, 0.6) is 0 Å².